The minimum Gasteiger partial charge on any atom is -0.477 e. The van der Waals surface area contributed by atoms with E-state index in [1.54, 1.807) is 24.3 Å². The Balaban J connectivity index is 2.18. The number of amides is 1. The van der Waals surface area contributed by atoms with E-state index in [1.165, 1.54) is 0 Å². The molecule has 0 unspecified atom stereocenters. The minimum absolute atomic E-state index is 0.190. The number of ether oxygens (including phenoxy) is 2. The highest BCUT2D eigenvalue weighted by molar-refractivity contribution is 5.90. The Morgan fingerprint density at radius 2 is 2.00 bits per heavy atom. The van der Waals surface area contributed by atoms with Gasteiger partial charge in [0, 0.05) is 5.54 Å². The van der Waals surface area contributed by atoms with Crippen LogP contribution in [0.1, 0.15) is 20.8 Å². The van der Waals surface area contributed by atoms with Crippen LogP contribution in [0.25, 0.3) is 0 Å². The van der Waals surface area contributed by atoms with Crippen LogP contribution in [0, 0.1) is 12.3 Å². The predicted octanol–water partition coefficient (Wildman–Crippen LogP) is 0.866. The summed E-state index contributed by atoms with van der Waals surface area (Å²) in [5.41, 5.74) is -0.446. The highest BCUT2D eigenvalue weighted by Crippen LogP contribution is 2.23. The van der Waals surface area contributed by atoms with E-state index in [0.29, 0.717) is 5.75 Å². The van der Waals surface area contributed by atoms with E-state index in [0.717, 1.165) is 0 Å². The number of benzene rings is 1. The molecule has 0 aromatic heterocycles. The Labute approximate surface area is 141 Å². The van der Waals surface area contributed by atoms with Crippen LogP contribution >= 0.6 is 0 Å². The fourth-order valence-corrected chi connectivity index (χ4v) is 2.39. The highest BCUT2D eigenvalue weighted by Gasteiger charge is 2.50. The number of nitrogens with one attached hydrogen (secondary N) is 2. The lowest BCUT2D eigenvalue weighted by Gasteiger charge is -2.26. The lowest BCUT2D eigenvalue weighted by Crippen LogP contribution is -2.55. The number of cyclic esters (lactones) is 1. The monoisotopic (exact) mass is 330 g/mol. The van der Waals surface area contributed by atoms with Gasteiger partial charge in [-0.2, -0.15) is 0 Å². The van der Waals surface area contributed by atoms with Gasteiger partial charge in [-0.1, -0.05) is 24.1 Å². The Bertz CT molecular complexity index is 631. The second-order valence-electron chi connectivity index (χ2n) is 6.56. The molecule has 1 amide bonds. The molecule has 3 atom stereocenters. The van der Waals surface area contributed by atoms with Crippen molar-refractivity contribution in [3.63, 3.8) is 0 Å². The van der Waals surface area contributed by atoms with Crippen molar-refractivity contribution in [3.05, 3.63) is 30.3 Å². The van der Waals surface area contributed by atoms with Gasteiger partial charge in [0.2, 0.25) is 6.10 Å². The first-order valence-corrected chi connectivity index (χ1v) is 7.73. The molecule has 0 saturated carbocycles. The third-order valence-corrected chi connectivity index (χ3v) is 3.33. The molecular formula is C18H22N2O4. The number of para-hydroxylation sites is 1. The third kappa shape index (κ3) is 4.49. The first-order chi connectivity index (χ1) is 11.3. The molecule has 0 spiro atoms. The smallest absolute Gasteiger partial charge is 0.350 e. The van der Waals surface area contributed by atoms with Gasteiger partial charge >= 0.3 is 5.97 Å². The van der Waals surface area contributed by atoms with Gasteiger partial charge < -0.3 is 14.8 Å². The standard InChI is InChI=1S/C18H22N2O4/c1-5-11-19-13-14(16(21)20-18(2,3)4)24-17(22)15(13)23-12-9-7-6-8-10-12/h1,6-10,13-15,19H,11H2,2-4H3,(H,20,21)/t13-,14-,15+/m0/s1. The van der Waals surface area contributed by atoms with Crippen LogP contribution in [0.3, 0.4) is 0 Å². The topological polar surface area (TPSA) is 76.7 Å². The quantitative estimate of drug-likeness (QED) is 0.619. The van der Waals surface area contributed by atoms with Gasteiger partial charge in [-0.05, 0) is 32.9 Å². The van der Waals surface area contributed by atoms with Gasteiger partial charge in [-0.25, -0.2) is 4.79 Å². The highest BCUT2D eigenvalue weighted by atomic mass is 16.6. The Kier molecular flexibility index (Phi) is 5.47. The molecule has 2 rings (SSSR count). The van der Waals surface area contributed by atoms with Crippen LogP contribution in [-0.2, 0) is 14.3 Å². The summed E-state index contributed by atoms with van der Waals surface area (Å²) < 4.78 is 11.0. The molecule has 24 heavy (non-hydrogen) atoms. The molecule has 1 aliphatic heterocycles. The SMILES string of the molecule is C#CCN[C@H]1[C@@H](C(=O)NC(C)(C)C)OC(=O)[C@@H]1Oc1ccccc1. The number of esters is 1. The maximum Gasteiger partial charge on any atom is 0.350 e. The third-order valence-electron chi connectivity index (χ3n) is 3.33. The molecular weight excluding hydrogens is 308 g/mol. The number of terminal acetylenes is 1. The molecule has 0 radical (unpaired) electrons. The summed E-state index contributed by atoms with van der Waals surface area (Å²) in [5.74, 6) is 1.97. The number of hydrogen-bond donors (Lipinski definition) is 2. The summed E-state index contributed by atoms with van der Waals surface area (Å²) >= 11 is 0. The average molecular weight is 330 g/mol. The van der Waals surface area contributed by atoms with Crippen molar-refractivity contribution in [1.29, 1.82) is 0 Å². The summed E-state index contributed by atoms with van der Waals surface area (Å²) in [6, 6.07) is 8.22. The average Bonchev–Trinajstić information content (AvgIpc) is 2.81. The minimum atomic E-state index is -1.00. The molecule has 1 fully saturated rings. The van der Waals surface area contributed by atoms with Crippen molar-refractivity contribution in [2.75, 3.05) is 6.54 Å². The zero-order valence-electron chi connectivity index (χ0n) is 14.0. The zero-order chi connectivity index (χ0) is 17.7. The lowest BCUT2D eigenvalue weighted by atomic mass is 10.0. The van der Waals surface area contributed by atoms with Crippen LogP contribution in [0.15, 0.2) is 30.3 Å². The summed E-state index contributed by atoms with van der Waals surface area (Å²) in [5, 5.41) is 5.79. The zero-order valence-corrected chi connectivity index (χ0v) is 14.0. The van der Waals surface area contributed by atoms with E-state index in [-0.39, 0.29) is 12.5 Å². The molecule has 1 saturated heterocycles. The first-order valence-electron chi connectivity index (χ1n) is 7.73. The number of hydrogen-bond acceptors (Lipinski definition) is 5. The van der Waals surface area contributed by atoms with Crippen molar-refractivity contribution in [2.45, 2.75) is 44.6 Å². The van der Waals surface area contributed by atoms with Crippen LogP contribution in [0.5, 0.6) is 5.75 Å². The molecule has 6 nitrogen and oxygen atoms in total. The van der Waals surface area contributed by atoms with Gasteiger partial charge in [-0.15, -0.1) is 6.42 Å². The number of rotatable bonds is 5. The van der Waals surface area contributed by atoms with Crippen molar-refractivity contribution in [2.24, 2.45) is 0 Å². The molecule has 1 aromatic rings. The summed E-state index contributed by atoms with van der Waals surface area (Å²) in [4.78, 5) is 24.7. The molecule has 6 heteroatoms. The maximum atomic E-state index is 12.4. The second kappa shape index (κ2) is 7.37. The van der Waals surface area contributed by atoms with Gasteiger partial charge in [0.05, 0.1) is 6.54 Å². The molecule has 0 aliphatic carbocycles. The molecule has 1 aliphatic rings. The molecule has 0 bridgehead atoms. The summed E-state index contributed by atoms with van der Waals surface area (Å²) in [6.45, 7) is 5.74. The van der Waals surface area contributed by atoms with E-state index in [4.69, 9.17) is 15.9 Å². The van der Waals surface area contributed by atoms with Crippen molar-refractivity contribution < 1.29 is 19.1 Å². The Morgan fingerprint density at radius 1 is 1.33 bits per heavy atom. The first kappa shape index (κ1) is 17.8. The van der Waals surface area contributed by atoms with Crippen LogP contribution in [-0.4, -0.2) is 42.2 Å². The van der Waals surface area contributed by atoms with Crippen LogP contribution in [0.2, 0.25) is 0 Å². The number of carbonyl (C=O) groups excluding carboxylic acids is 2. The number of carbonyl (C=O) groups is 2. The summed E-state index contributed by atoms with van der Waals surface area (Å²) in [7, 11) is 0. The normalized spacial score (nSPS) is 23.2. The molecule has 2 N–H and O–H groups in total. The Hall–Kier alpha value is -2.52. The lowest BCUT2D eigenvalue weighted by molar-refractivity contribution is -0.151. The van der Waals surface area contributed by atoms with Gasteiger partial charge in [-0.3, -0.25) is 10.1 Å². The van der Waals surface area contributed by atoms with Crippen LogP contribution < -0.4 is 15.4 Å². The van der Waals surface area contributed by atoms with Crippen molar-refractivity contribution >= 4 is 11.9 Å². The summed E-state index contributed by atoms with van der Waals surface area (Å²) in [6.07, 6.45) is 3.33. The fraction of sp³-hybridized carbons (Fsp3) is 0.444. The van der Waals surface area contributed by atoms with E-state index in [1.807, 2.05) is 26.8 Å². The van der Waals surface area contributed by atoms with E-state index >= 15 is 0 Å². The fourth-order valence-electron chi connectivity index (χ4n) is 2.39. The van der Waals surface area contributed by atoms with Gasteiger partial charge in [0.15, 0.2) is 6.10 Å². The van der Waals surface area contributed by atoms with E-state index in [2.05, 4.69) is 16.6 Å². The maximum absolute atomic E-state index is 12.4. The van der Waals surface area contributed by atoms with Crippen LogP contribution in [0.4, 0.5) is 0 Å². The second-order valence-corrected chi connectivity index (χ2v) is 6.56. The Morgan fingerprint density at radius 3 is 2.58 bits per heavy atom. The van der Waals surface area contributed by atoms with E-state index in [9.17, 15) is 9.59 Å². The largest absolute Gasteiger partial charge is 0.477 e. The van der Waals surface area contributed by atoms with Gasteiger partial charge in [0.1, 0.15) is 11.8 Å². The van der Waals surface area contributed by atoms with Gasteiger partial charge in [0.25, 0.3) is 5.91 Å². The van der Waals surface area contributed by atoms with E-state index < -0.39 is 29.8 Å². The molecule has 1 aromatic carbocycles. The molecule has 1 heterocycles. The predicted molar refractivity (Wildman–Crippen MR) is 89.3 cm³/mol. The van der Waals surface area contributed by atoms with Crippen molar-refractivity contribution in [3.8, 4) is 18.1 Å². The van der Waals surface area contributed by atoms with Crippen molar-refractivity contribution in [1.82, 2.24) is 10.6 Å². The molecule has 128 valence electrons.